The molecule has 2 N–H and O–H groups in total. The lowest BCUT2D eigenvalue weighted by Crippen LogP contribution is -2.37. The Morgan fingerprint density at radius 3 is 2.58 bits per heavy atom. The second-order valence-corrected chi connectivity index (χ2v) is 5.20. The van der Waals surface area contributed by atoms with Gasteiger partial charge in [-0.2, -0.15) is 0 Å². The quantitative estimate of drug-likeness (QED) is 0.821. The predicted octanol–water partition coefficient (Wildman–Crippen LogP) is 1.99. The molecule has 1 aliphatic rings. The molecule has 0 amide bonds. The molecule has 19 heavy (non-hydrogen) atoms. The van der Waals surface area contributed by atoms with Crippen molar-refractivity contribution in [2.75, 3.05) is 26.2 Å². The number of β-amino-alcohol motifs (C(OH)–C–C–N with tert-alkyl or cyclic N) is 1. The molecule has 3 heteroatoms. The predicted molar refractivity (Wildman–Crippen MR) is 78.7 cm³/mol. The monoisotopic (exact) mass is 260 g/mol. The van der Waals surface area contributed by atoms with Gasteiger partial charge in [0.2, 0.25) is 0 Å². The van der Waals surface area contributed by atoms with Gasteiger partial charge >= 0.3 is 0 Å². The van der Waals surface area contributed by atoms with Crippen molar-refractivity contribution in [2.24, 2.45) is 5.92 Å². The van der Waals surface area contributed by atoms with Gasteiger partial charge < -0.3 is 15.3 Å². The minimum absolute atomic E-state index is 0.262. The van der Waals surface area contributed by atoms with Crippen LogP contribution in [0.1, 0.15) is 18.4 Å². The van der Waals surface area contributed by atoms with Gasteiger partial charge in [0, 0.05) is 24.7 Å². The molecule has 0 unspecified atom stereocenters. The lowest BCUT2D eigenvalue weighted by Gasteiger charge is -2.32. The van der Waals surface area contributed by atoms with E-state index in [0.717, 1.165) is 44.7 Å². The Balaban J connectivity index is 1.73. The highest BCUT2D eigenvalue weighted by molar-refractivity contribution is 5.15. The van der Waals surface area contributed by atoms with Crippen molar-refractivity contribution < 1.29 is 5.11 Å². The van der Waals surface area contributed by atoms with Gasteiger partial charge in [-0.15, -0.1) is 0 Å². The van der Waals surface area contributed by atoms with Crippen LogP contribution in [0.4, 0.5) is 0 Å². The number of allylic oxidation sites excluding steroid dienone is 1. The summed E-state index contributed by atoms with van der Waals surface area (Å²) in [6.07, 6.45) is 2.28. The zero-order valence-electron chi connectivity index (χ0n) is 11.5. The Bertz CT molecular complexity index is 383. The van der Waals surface area contributed by atoms with Crippen LogP contribution in [0, 0.1) is 5.92 Å². The van der Waals surface area contributed by atoms with Crippen molar-refractivity contribution in [3.8, 4) is 0 Å². The first-order valence-electron chi connectivity index (χ1n) is 7.09. The molecule has 0 aliphatic carbocycles. The first kappa shape index (κ1) is 14.1. The number of piperidine rings is 1. The summed E-state index contributed by atoms with van der Waals surface area (Å²) in [5, 5.41) is 12.4. The number of aliphatic hydroxyl groups excluding tert-OH is 1. The van der Waals surface area contributed by atoms with E-state index < -0.39 is 0 Å². The molecule has 0 aromatic heterocycles. The maximum absolute atomic E-state index is 8.93. The molecular formula is C16H24N2O. The fraction of sp³-hybridized carbons (Fsp3) is 0.500. The number of nitrogens with zero attached hydrogens (tertiary/aromatic N) is 1. The summed E-state index contributed by atoms with van der Waals surface area (Å²) in [4.78, 5) is 2.32. The molecule has 3 nitrogen and oxygen atoms in total. The van der Waals surface area contributed by atoms with E-state index in [1.54, 1.807) is 0 Å². The van der Waals surface area contributed by atoms with E-state index in [9.17, 15) is 0 Å². The average molecular weight is 260 g/mol. The zero-order valence-corrected chi connectivity index (χ0v) is 11.5. The average Bonchev–Trinajstić information content (AvgIpc) is 2.47. The number of likely N-dealkylation sites (tertiary alicyclic amines) is 1. The summed E-state index contributed by atoms with van der Waals surface area (Å²) >= 11 is 0. The topological polar surface area (TPSA) is 35.5 Å². The lowest BCUT2D eigenvalue weighted by atomic mass is 9.94. The first-order chi connectivity index (χ1) is 9.29. The van der Waals surface area contributed by atoms with Crippen LogP contribution in [0.25, 0.3) is 0 Å². The summed E-state index contributed by atoms with van der Waals surface area (Å²) in [5.41, 5.74) is 2.45. The van der Waals surface area contributed by atoms with E-state index >= 15 is 0 Å². The number of nitrogens with one attached hydrogen (secondary N) is 1. The molecule has 0 bridgehead atoms. The minimum Gasteiger partial charge on any atom is -0.395 e. The van der Waals surface area contributed by atoms with E-state index in [4.69, 9.17) is 5.11 Å². The van der Waals surface area contributed by atoms with Gasteiger partial charge in [0.25, 0.3) is 0 Å². The van der Waals surface area contributed by atoms with Crippen LogP contribution in [0.2, 0.25) is 0 Å². The Labute approximate surface area is 115 Å². The maximum Gasteiger partial charge on any atom is 0.0558 e. The standard InChI is InChI=1S/C16H24N2O/c1-14(17-13-15-5-3-2-4-6-15)16-7-9-18(10-8-16)11-12-19/h2-6,16-17,19H,1,7-13H2. The smallest absolute Gasteiger partial charge is 0.0558 e. The third-order valence-electron chi connectivity index (χ3n) is 3.86. The van der Waals surface area contributed by atoms with Gasteiger partial charge in [0.15, 0.2) is 0 Å². The molecule has 1 heterocycles. The Morgan fingerprint density at radius 1 is 1.26 bits per heavy atom. The van der Waals surface area contributed by atoms with Crippen LogP contribution in [-0.2, 0) is 6.54 Å². The molecule has 1 aromatic carbocycles. The van der Waals surface area contributed by atoms with Gasteiger partial charge in [0.1, 0.15) is 0 Å². The number of hydrogen-bond donors (Lipinski definition) is 2. The van der Waals surface area contributed by atoms with Gasteiger partial charge in [-0.3, -0.25) is 0 Å². The molecule has 0 radical (unpaired) electrons. The molecule has 0 saturated carbocycles. The van der Waals surface area contributed by atoms with Gasteiger partial charge in [0.05, 0.1) is 6.61 Å². The number of hydrogen-bond acceptors (Lipinski definition) is 3. The molecule has 1 saturated heterocycles. The van der Waals surface area contributed by atoms with E-state index in [-0.39, 0.29) is 6.61 Å². The van der Waals surface area contributed by atoms with Crippen LogP contribution in [-0.4, -0.2) is 36.2 Å². The van der Waals surface area contributed by atoms with Crippen molar-refractivity contribution in [2.45, 2.75) is 19.4 Å². The van der Waals surface area contributed by atoms with E-state index in [1.807, 2.05) is 6.07 Å². The van der Waals surface area contributed by atoms with Crippen molar-refractivity contribution in [1.82, 2.24) is 10.2 Å². The third-order valence-corrected chi connectivity index (χ3v) is 3.86. The molecule has 1 aliphatic heterocycles. The fourth-order valence-electron chi connectivity index (χ4n) is 2.60. The highest BCUT2D eigenvalue weighted by atomic mass is 16.3. The summed E-state index contributed by atoms with van der Waals surface area (Å²) in [5.74, 6) is 0.568. The second kappa shape index (κ2) is 7.31. The fourth-order valence-corrected chi connectivity index (χ4v) is 2.60. The Morgan fingerprint density at radius 2 is 1.95 bits per heavy atom. The van der Waals surface area contributed by atoms with Crippen molar-refractivity contribution >= 4 is 0 Å². The van der Waals surface area contributed by atoms with Crippen LogP contribution >= 0.6 is 0 Å². The van der Waals surface area contributed by atoms with Crippen LogP contribution < -0.4 is 5.32 Å². The number of rotatable bonds is 6. The highest BCUT2D eigenvalue weighted by Crippen LogP contribution is 2.22. The van der Waals surface area contributed by atoms with Crippen molar-refractivity contribution in [1.29, 1.82) is 0 Å². The lowest BCUT2D eigenvalue weighted by molar-refractivity contribution is 0.154. The molecule has 0 spiro atoms. The summed E-state index contributed by atoms with van der Waals surface area (Å²) in [7, 11) is 0. The third kappa shape index (κ3) is 4.37. The highest BCUT2D eigenvalue weighted by Gasteiger charge is 2.20. The first-order valence-corrected chi connectivity index (χ1v) is 7.09. The largest absolute Gasteiger partial charge is 0.395 e. The molecular weight excluding hydrogens is 236 g/mol. The summed E-state index contributed by atoms with van der Waals surface area (Å²) in [6.45, 7) is 8.24. The Hall–Kier alpha value is -1.32. The number of benzene rings is 1. The second-order valence-electron chi connectivity index (χ2n) is 5.20. The van der Waals surface area contributed by atoms with Gasteiger partial charge in [-0.05, 0) is 31.5 Å². The number of aliphatic hydroxyl groups is 1. The van der Waals surface area contributed by atoms with E-state index in [0.29, 0.717) is 5.92 Å². The minimum atomic E-state index is 0.262. The van der Waals surface area contributed by atoms with Crippen LogP contribution in [0.3, 0.4) is 0 Å². The molecule has 0 atom stereocenters. The molecule has 104 valence electrons. The molecule has 1 aromatic rings. The van der Waals surface area contributed by atoms with Crippen LogP contribution in [0.5, 0.6) is 0 Å². The van der Waals surface area contributed by atoms with E-state index in [1.165, 1.54) is 5.56 Å². The normalized spacial score (nSPS) is 17.3. The van der Waals surface area contributed by atoms with Crippen LogP contribution in [0.15, 0.2) is 42.6 Å². The maximum atomic E-state index is 8.93. The van der Waals surface area contributed by atoms with Crippen molar-refractivity contribution in [3.63, 3.8) is 0 Å². The van der Waals surface area contributed by atoms with Crippen molar-refractivity contribution in [3.05, 3.63) is 48.2 Å². The summed E-state index contributed by atoms with van der Waals surface area (Å²) in [6, 6.07) is 10.4. The van der Waals surface area contributed by atoms with Gasteiger partial charge in [-0.25, -0.2) is 0 Å². The zero-order chi connectivity index (χ0) is 13.5. The molecule has 2 rings (SSSR count). The van der Waals surface area contributed by atoms with E-state index in [2.05, 4.69) is 41.1 Å². The van der Waals surface area contributed by atoms with Gasteiger partial charge in [-0.1, -0.05) is 36.9 Å². The SMILES string of the molecule is C=C(NCc1ccccc1)C1CCN(CCO)CC1. The molecule has 1 fully saturated rings. The Kier molecular flexibility index (Phi) is 5.43. The summed E-state index contributed by atoms with van der Waals surface area (Å²) < 4.78 is 0.